The van der Waals surface area contributed by atoms with E-state index in [9.17, 15) is 0 Å². The van der Waals surface area contributed by atoms with Gasteiger partial charge in [0.2, 0.25) is 0 Å². The quantitative estimate of drug-likeness (QED) is 0.696. The third-order valence-electron chi connectivity index (χ3n) is 3.31. The molecule has 0 saturated heterocycles. The molecule has 0 spiro atoms. The molecule has 0 aliphatic heterocycles. The van der Waals surface area contributed by atoms with Gasteiger partial charge in [-0.1, -0.05) is 6.07 Å². The van der Waals surface area contributed by atoms with Crippen LogP contribution in [0.1, 0.15) is 11.1 Å². The van der Waals surface area contributed by atoms with Gasteiger partial charge in [-0.25, -0.2) is 4.98 Å². The highest BCUT2D eigenvalue weighted by Crippen LogP contribution is 2.26. The highest BCUT2D eigenvalue weighted by molar-refractivity contribution is 5.67. The van der Waals surface area contributed by atoms with Crippen molar-refractivity contribution in [3.63, 3.8) is 0 Å². The van der Waals surface area contributed by atoms with Crippen LogP contribution in [-0.4, -0.2) is 16.5 Å². The van der Waals surface area contributed by atoms with Gasteiger partial charge in [0.15, 0.2) is 0 Å². The normalized spacial score (nSPS) is 10.9. The lowest BCUT2D eigenvalue weighted by molar-refractivity contribution is 0.414. The lowest BCUT2D eigenvalue weighted by Gasteiger charge is -2.05. The Morgan fingerprint density at radius 3 is 2.63 bits per heavy atom. The van der Waals surface area contributed by atoms with Crippen molar-refractivity contribution in [1.29, 1.82) is 0 Å². The van der Waals surface area contributed by atoms with Crippen molar-refractivity contribution in [3.05, 3.63) is 53.9 Å². The fourth-order valence-corrected chi connectivity index (χ4v) is 2.28. The summed E-state index contributed by atoms with van der Waals surface area (Å²) >= 11 is 0. The van der Waals surface area contributed by atoms with Crippen LogP contribution < -0.4 is 4.74 Å². The molecule has 0 aliphatic rings. The van der Waals surface area contributed by atoms with E-state index >= 15 is 0 Å². The SMILES string of the molecule is COc1ccc(-c2cn3cc(C)ccc3n2)c(C)c1. The van der Waals surface area contributed by atoms with Crippen LogP contribution in [0.25, 0.3) is 16.9 Å². The summed E-state index contributed by atoms with van der Waals surface area (Å²) in [6.45, 7) is 4.16. The largest absolute Gasteiger partial charge is 0.497 e. The van der Waals surface area contributed by atoms with Gasteiger partial charge >= 0.3 is 0 Å². The number of nitrogens with zero attached hydrogens (tertiary/aromatic N) is 2. The minimum absolute atomic E-state index is 0.876. The first kappa shape index (κ1) is 11.8. The molecule has 0 unspecified atom stereocenters. The molecule has 0 bridgehead atoms. The monoisotopic (exact) mass is 252 g/mol. The molecule has 2 aromatic heterocycles. The molecule has 0 atom stereocenters. The number of ether oxygens (including phenoxy) is 1. The van der Waals surface area contributed by atoms with Crippen LogP contribution in [-0.2, 0) is 0 Å². The van der Waals surface area contributed by atoms with Crippen LogP contribution in [0.3, 0.4) is 0 Å². The molecule has 1 aromatic carbocycles. The zero-order chi connectivity index (χ0) is 13.4. The maximum absolute atomic E-state index is 5.23. The second kappa shape index (κ2) is 4.43. The van der Waals surface area contributed by atoms with Crippen molar-refractivity contribution in [1.82, 2.24) is 9.38 Å². The van der Waals surface area contributed by atoms with Crippen LogP contribution in [0, 0.1) is 13.8 Å². The van der Waals surface area contributed by atoms with Crippen LogP contribution in [0.2, 0.25) is 0 Å². The Morgan fingerprint density at radius 1 is 1.05 bits per heavy atom. The molecule has 19 heavy (non-hydrogen) atoms. The lowest BCUT2D eigenvalue weighted by Crippen LogP contribution is -1.87. The van der Waals surface area contributed by atoms with E-state index in [1.807, 2.05) is 18.2 Å². The van der Waals surface area contributed by atoms with E-state index in [4.69, 9.17) is 4.74 Å². The van der Waals surface area contributed by atoms with Gasteiger partial charge in [-0.05, 0) is 49.2 Å². The molecule has 3 aromatic rings. The van der Waals surface area contributed by atoms with E-state index in [1.54, 1.807) is 7.11 Å². The highest BCUT2D eigenvalue weighted by atomic mass is 16.5. The first-order valence-electron chi connectivity index (χ1n) is 6.28. The Kier molecular flexibility index (Phi) is 2.75. The van der Waals surface area contributed by atoms with E-state index in [0.717, 1.165) is 22.7 Å². The fraction of sp³-hybridized carbons (Fsp3) is 0.188. The standard InChI is InChI=1S/C16H16N2O/c1-11-4-7-16-17-15(10-18(16)9-11)14-6-5-13(19-3)8-12(14)2/h4-10H,1-3H3. The topological polar surface area (TPSA) is 26.5 Å². The van der Waals surface area contributed by atoms with Gasteiger partial charge in [-0.3, -0.25) is 0 Å². The number of pyridine rings is 1. The van der Waals surface area contributed by atoms with Crippen LogP contribution in [0.5, 0.6) is 5.75 Å². The number of aromatic nitrogens is 2. The Labute approximate surface area is 112 Å². The summed E-state index contributed by atoms with van der Waals surface area (Å²) in [7, 11) is 1.68. The maximum Gasteiger partial charge on any atom is 0.137 e. The molecule has 96 valence electrons. The summed E-state index contributed by atoms with van der Waals surface area (Å²) in [6, 6.07) is 10.2. The maximum atomic E-state index is 5.23. The molecular formula is C16H16N2O. The van der Waals surface area contributed by atoms with E-state index < -0.39 is 0 Å². The number of benzene rings is 1. The van der Waals surface area contributed by atoms with Crippen LogP contribution >= 0.6 is 0 Å². The molecule has 3 nitrogen and oxygen atoms in total. The summed E-state index contributed by atoms with van der Waals surface area (Å²) < 4.78 is 7.30. The molecule has 0 fully saturated rings. The van der Waals surface area contributed by atoms with E-state index in [1.165, 1.54) is 11.1 Å². The average Bonchev–Trinajstić information content (AvgIpc) is 2.81. The first-order chi connectivity index (χ1) is 9.17. The fourth-order valence-electron chi connectivity index (χ4n) is 2.28. The molecule has 0 saturated carbocycles. The molecule has 0 radical (unpaired) electrons. The zero-order valence-electron chi connectivity index (χ0n) is 11.3. The molecular weight excluding hydrogens is 236 g/mol. The molecule has 3 rings (SSSR count). The van der Waals surface area contributed by atoms with Crippen molar-refractivity contribution in [2.45, 2.75) is 13.8 Å². The summed E-state index contributed by atoms with van der Waals surface area (Å²) in [5.74, 6) is 0.876. The van der Waals surface area contributed by atoms with Crippen LogP contribution in [0.4, 0.5) is 0 Å². The van der Waals surface area contributed by atoms with E-state index in [0.29, 0.717) is 0 Å². The number of fused-ring (bicyclic) bond motifs is 1. The molecule has 0 N–H and O–H groups in total. The van der Waals surface area contributed by atoms with E-state index in [-0.39, 0.29) is 0 Å². The predicted molar refractivity (Wildman–Crippen MR) is 76.7 cm³/mol. The third-order valence-corrected chi connectivity index (χ3v) is 3.31. The zero-order valence-corrected chi connectivity index (χ0v) is 11.3. The Hall–Kier alpha value is -2.29. The van der Waals surface area contributed by atoms with E-state index in [2.05, 4.69) is 47.8 Å². The second-order valence-electron chi connectivity index (χ2n) is 4.78. The minimum Gasteiger partial charge on any atom is -0.497 e. The van der Waals surface area contributed by atoms with Gasteiger partial charge in [0.05, 0.1) is 12.8 Å². The predicted octanol–water partition coefficient (Wildman–Crippen LogP) is 3.63. The number of hydrogen-bond acceptors (Lipinski definition) is 2. The summed E-state index contributed by atoms with van der Waals surface area (Å²) in [5.41, 5.74) is 5.49. The van der Waals surface area contributed by atoms with Crippen molar-refractivity contribution in [2.24, 2.45) is 0 Å². The van der Waals surface area contributed by atoms with Gasteiger partial charge in [-0.2, -0.15) is 0 Å². The van der Waals surface area contributed by atoms with Crippen molar-refractivity contribution in [2.75, 3.05) is 7.11 Å². The second-order valence-corrected chi connectivity index (χ2v) is 4.78. The average molecular weight is 252 g/mol. The summed E-state index contributed by atoms with van der Waals surface area (Å²) in [6.07, 6.45) is 4.15. The lowest BCUT2D eigenvalue weighted by atomic mass is 10.1. The number of aryl methyl sites for hydroxylation is 2. The summed E-state index contributed by atoms with van der Waals surface area (Å²) in [5, 5.41) is 0. The van der Waals surface area contributed by atoms with Crippen molar-refractivity contribution < 1.29 is 4.74 Å². The molecule has 0 amide bonds. The van der Waals surface area contributed by atoms with Gasteiger partial charge in [0, 0.05) is 18.0 Å². The Balaban J connectivity index is 2.13. The number of rotatable bonds is 2. The van der Waals surface area contributed by atoms with Gasteiger partial charge < -0.3 is 9.14 Å². The summed E-state index contributed by atoms with van der Waals surface area (Å²) in [4.78, 5) is 4.66. The van der Waals surface area contributed by atoms with Gasteiger partial charge in [0.25, 0.3) is 0 Å². The number of methoxy groups -OCH3 is 1. The molecule has 2 heterocycles. The molecule has 3 heteroatoms. The highest BCUT2D eigenvalue weighted by Gasteiger charge is 2.08. The smallest absolute Gasteiger partial charge is 0.137 e. The third kappa shape index (κ3) is 2.08. The Bertz CT molecular complexity index is 744. The molecule has 0 aliphatic carbocycles. The number of imidazole rings is 1. The first-order valence-corrected chi connectivity index (χ1v) is 6.28. The van der Waals surface area contributed by atoms with Gasteiger partial charge in [0.1, 0.15) is 11.4 Å². The minimum atomic E-state index is 0.876. The van der Waals surface area contributed by atoms with Crippen LogP contribution in [0.15, 0.2) is 42.7 Å². The van der Waals surface area contributed by atoms with Gasteiger partial charge in [-0.15, -0.1) is 0 Å². The number of hydrogen-bond donors (Lipinski definition) is 0. The van der Waals surface area contributed by atoms with Crippen molar-refractivity contribution in [3.8, 4) is 17.0 Å². The van der Waals surface area contributed by atoms with Crippen molar-refractivity contribution >= 4 is 5.65 Å². The Morgan fingerprint density at radius 2 is 1.89 bits per heavy atom.